The number of hydrogen-bond donors (Lipinski definition) is 1. The van der Waals surface area contributed by atoms with Crippen molar-refractivity contribution in [2.45, 2.75) is 45.1 Å². The fraction of sp³-hybridized carbons (Fsp3) is 0.722. The molecule has 7 heteroatoms. The van der Waals surface area contributed by atoms with Crippen LogP contribution in [0.2, 0.25) is 0 Å². The van der Waals surface area contributed by atoms with Crippen molar-refractivity contribution in [3.63, 3.8) is 0 Å². The third-order valence-corrected chi connectivity index (χ3v) is 4.88. The van der Waals surface area contributed by atoms with Crippen LogP contribution < -0.4 is 5.32 Å². The molecule has 2 fully saturated rings. The van der Waals surface area contributed by atoms with E-state index in [4.69, 9.17) is 4.74 Å². The van der Waals surface area contributed by atoms with Crippen molar-refractivity contribution in [1.82, 2.24) is 19.8 Å². The van der Waals surface area contributed by atoms with Crippen molar-refractivity contribution >= 4 is 11.7 Å². The number of ether oxygens (including phenoxy) is 1. The van der Waals surface area contributed by atoms with Gasteiger partial charge in [0.1, 0.15) is 5.82 Å². The Labute approximate surface area is 149 Å². The van der Waals surface area contributed by atoms with Crippen molar-refractivity contribution in [3.05, 3.63) is 18.2 Å². The third kappa shape index (κ3) is 4.67. The molecule has 138 valence electrons. The van der Waals surface area contributed by atoms with Gasteiger partial charge < -0.3 is 15.0 Å². The van der Waals surface area contributed by atoms with Gasteiger partial charge in [0.25, 0.3) is 0 Å². The Morgan fingerprint density at radius 1 is 1.12 bits per heavy atom. The number of anilines is 1. The van der Waals surface area contributed by atoms with E-state index in [0.717, 1.165) is 58.1 Å². The van der Waals surface area contributed by atoms with Gasteiger partial charge in [0.05, 0.1) is 18.1 Å². The van der Waals surface area contributed by atoms with E-state index >= 15 is 0 Å². The molecule has 7 nitrogen and oxygen atoms in total. The van der Waals surface area contributed by atoms with Gasteiger partial charge in [-0.05, 0) is 12.8 Å². The number of rotatable bonds is 2. The van der Waals surface area contributed by atoms with Gasteiger partial charge in [-0.1, -0.05) is 20.8 Å². The van der Waals surface area contributed by atoms with Crippen molar-refractivity contribution < 1.29 is 9.53 Å². The van der Waals surface area contributed by atoms with E-state index in [9.17, 15) is 4.79 Å². The number of urea groups is 1. The lowest BCUT2D eigenvalue weighted by atomic mass is 9.96. The summed E-state index contributed by atoms with van der Waals surface area (Å²) in [5, 5.41) is 2.91. The maximum atomic E-state index is 12.5. The summed E-state index contributed by atoms with van der Waals surface area (Å²) in [4.78, 5) is 25.5. The van der Waals surface area contributed by atoms with Crippen molar-refractivity contribution in [2.24, 2.45) is 0 Å². The normalized spacial score (nSPS) is 20.5. The van der Waals surface area contributed by atoms with Crippen LogP contribution in [0.25, 0.3) is 0 Å². The molecule has 0 saturated carbocycles. The monoisotopic (exact) mass is 347 g/mol. The first-order valence-corrected chi connectivity index (χ1v) is 9.14. The number of nitrogens with zero attached hydrogens (tertiary/aromatic N) is 4. The van der Waals surface area contributed by atoms with Crippen LogP contribution in [0.5, 0.6) is 0 Å². The van der Waals surface area contributed by atoms with Crippen LogP contribution >= 0.6 is 0 Å². The highest BCUT2D eigenvalue weighted by molar-refractivity contribution is 5.89. The minimum absolute atomic E-state index is 0.0706. The number of aromatic nitrogens is 2. The molecule has 0 aliphatic carbocycles. The predicted octanol–water partition coefficient (Wildman–Crippen LogP) is 2.10. The first kappa shape index (κ1) is 18.1. The molecule has 2 aliphatic heterocycles. The van der Waals surface area contributed by atoms with E-state index in [-0.39, 0.29) is 11.4 Å². The highest BCUT2D eigenvalue weighted by atomic mass is 16.5. The maximum absolute atomic E-state index is 12.5. The average Bonchev–Trinajstić information content (AvgIpc) is 2.62. The Bertz CT molecular complexity index is 570. The summed E-state index contributed by atoms with van der Waals surface area (Å²) < 4.78 is 5.43. The first-order valence-electron chi connectivity index (χ1n) is 9.14. The van der Waals surface area contributed by atoms with Gasteiger partial charge in [-0.3, -0.25) is 4.90 Å². The van der Waals surface area contributed by atoms with E-state index in [1.165, 1.54) is 0 Å². The number of hydrogen-bond acceptors (Lipinski definition) is 5. The van der Waals surface area contributed by atoms with E-state index in [2.05, 4.69) is 41.0 Å². The molecule has 0 aromatic carbocycles. The van der Waals surface area contributed by atoms with Crippen LogP contribution in [0, 0.1) is 0 Å². The summed E-state index contributed by atoms with van der Waals surface area (Å²) in [6.07, 6.45) is 5.57. The largest absolute Gasteiger partial charge is 0.381 e. The third-order valence-electron chi connectivity index (χ3n) is 4.88. The fourth-order valence-electron chi connectivity index (χ4n) is 3.32. The molecule has 1 aromatic rings. The average molecular weight is 347 g/mol. The summed E-state index contributed by atoms with van der Waals surface area (Å²) >= 11 is 0. The lowest BCUT2D eigenvalue weighted by Gasteiger charge is -2.40. The second-order valence-corrected chi connectivity index (χ2v) is 7.84. The van der Waals surface area contributed by atoms with Gasteiger partial charge in [-0.25, -0.2) is 14.8 Å². The highest BCUT2D eigenvalue weighted by Crippen LogP contribution is 2.19. The highest BCUT2D eigenvalue weighted by Gasteiger charge is 2.27. The van der Waals surface area contributed by atoms with Gasteiger partial charge in [0.15, 0.2) is 0 Å². The van der Waals surface area contributed by atoms with Crippen LogP contribution in [-0.2, 0) is 10.2 Å². The second-order valence-electron chi connectivity index (χ2n) is 7.84. The molecule has 1 aromatic heterocycles. The van der Waals surface area contributed by atoms with Crippen molar-refractivity contribution in [2.75, 3.05) is 44.7 Å². The van der Waals surface area contributed by atoms with E-state index in [1.807, 2.05) is 4.90 Å². The number of carbonyl (C=O) groups excluding carboxylic acids is 1. The number of nitrogens with one attached hydrogen (secondary N) is 1. The molecule has 0 spiro atoms. The lowest BCUT2D eigenvalue weighted by Crippen LogP contribution is -2.53. The summed E-state index contributed by atoms with van der Waals surface area (Å²) in [5.74, 6) is 0.774. The van der Waals surface area contributed by atoms with Gasteiger partial charge >= 0.3 is 6.03 Å². The molecule has 0 atom stereocenters. The topological polar surface area (TPSA) is 70.6 Å². The van der Waals surface area contributed by atoms with E-state index in [0.29, 0.717) is 11.7 Å². The molecule has 0 radical (unpaired) electrons. The van der Waals surface area contributed by atoms with Crippen LogP contribution in [-0.4, -0.2) is 71.2 Å². The molecular formula is C18H29N5O2. The molecule has 3 rings (SSSR count). The van der Waals surface area contributed by atoms with E-state index in [1.54, 1.807) is 12.4 Å². The Kier molecular flexibility index (Phi) is 5.54. The zero-order valence-corrected chi connectivity index (χ0v) is 15.5. The molecular weight excluding hydrogens is 318 g/mol. The molecule has 2 aliphatic rings. The second kappa shape index (κ2) is 7.66. The zero-order valence-electron chi connectivity index (χ0n) is 15.5. The van der Waals surface area contributed by atoms with Gasteiger partial charge in [0.2, 0.25) is 0 Å². The summed E-state index contributed by atoms with van der Waals surface area (Å²) in [6, 6.07) is 0.538. The molecule has 2 saturated heterocycles. The molecule has 0 unspecified atom stereocenters. The first-order chi connectivity index (χ1) is 11.9. The van der Waals surface area contributed by atoms with Crippen LogP contribution in [0.15, 0.2) is 12.4 Å². The fourth-order valence-corrected chi connectivity index (χ4v) is 3.32. The smallest absolute Gasteiger partial charge is 0.322 e. The van der Waals surface area contributed by atoms with Crippen LogP contribution in [0.3, 0.4) is 0 Å². The molecule has 1 N–H and O–H groups in total. The summed E-state index contributed by atoms with van der Waals surface area (Å²) in [6.45, 7) is 11.3. The summed E-state index contributed by atoms with van der Waals surface area (Å²) in [7, 11) is 0. The van der Waals surface area contributed by atoms with E-state index < -0.39 is 0 Å². The Balaban J connectivity index is 1.49. The number of amides is 2. The lowest BCUT2D eigenvalue weighted by molar-refractivity contribution is 0.0194. The van der Waals surface area contributed by atoms with Crippen LogP contribution in [0.1, 0.15) is 39.4 Å². The Morgan fingerprint density at radius 2 is 1.72 bits per heavy atom. The minimum atomic E-state index is -0.0942. The zero-order chi connectivity index (χ0) is 17.9. The quantitative estimate of drug-likeness (QED) is 0.887. The van der Waals surface area contributed by atoms with Crippen LogP contribution in [0.4, 0.5) is 10.5 Å². The van der Waals surface area contributed by atoms with Gasteiger partial charge in [0, 0.05) is 50.8 Å². The molecule has 2 amide bonds. The Morgan fingerprint density at radius 3 is 2.28 bits per heavy atom. The van der Waals surface area contributed by atoms with Crippen molar-refractivity contribution in [3.8, 4) is 0 Å². The molecule has 25 heavy (non-hydrogen) atoms. The van der Waals surface area contributed by atoms with Crippen molar-refractivity contribution in [1.29, 1.82) is 0 Å². The standard InChI is InChI=1S/C18H29N5O2/c1-18(2,3)16-19-12-14(13-20-16)21-17(24)23-8-6-22(7-9-23)15-4-10-25-11-5-15/h12-13,15H,4-11H2,1-3H3,(H,21,24). The Hall–Kier alpha value is -1.73. The molecule has 0 bridgehead atoms. The van der Waals surface area contributed by atoms with Gasteiger partial charge in [-0.2, -0.15) is 0 Å². The number of piperazine rings is 1. The minimum Gasteiger partial charge on any atom is -0.381 e. The summed E-state index contributed by atoms with van der Waals surface area (Å²) in [5.41, 5.74) is 0.549. The molecule has 3 heterocycles. The predicted molar refractivity (Wildman–Crippen MR) is 96.7 cm³/mol. The van der Waals surface area contributed by atoms with Gasteiger partial charge in [-0.15, -0.1) is 0 Å². The number of carbonyl (C=O) groups is 1. The maximum Gasteiger partial charge on any atom is 0.322 e. The SMILES string of the molecule is CC(C)(C)c1ncc(NC(=O)N2CCN(C3CCOCC3)CC2)cn1.